The predicted molar refractivity (Wildman–Crippen MR) is 76.4 cm³/mol. The minimum absolute atomic E-state index is 0.142. The summed E-state index contributed by atoms with van der Waals surface area (Å²) in [5.41, 5.74) is 6.57. The molecule has 0 aliphatic carbocycles. The van der Waals surface area contributed by atoms with Crippen LogP contribution in [0, 0.1) is 0 Å². The molecule has 0 bridgehead atoms. The van der Waals surface area contributed by atoms with Gasteiger partial charge in [-0.1, -0.05) is 36.4 Å². The predicted octanol–water partition coefficient (Wildman–Crippen LogP) is 2.10. The molecule has 2 aliphatic rings. The zero-order valence-corrected chi connectivity index (χ0v) is 11.0. The van der Waals surface area contributed by atoms with Gasteiger partial charge in [0.05, 0.1) is 0 Å². The number of fused-ring (bicyclic) bond motifs is 4. The molecule has 2 heterocycles. The van der Waals surface area contributed by atoms with Gasteiger partial charge in [-0.05, 0) is 12.1 Å². The number of urea groups is 1. The molecule has 2 aromatic rings. The summed E-state index contributed by atoms with van der Waals surface area (Å²) in [4.78, 5) is 12.0. The average molecular weight is 266 g/mol. The lowest BCUT2D eigenvalue weighted by Crippen LogP contribution is -2.50. The molecule has 0 atom stereocenters. The Hall–Kier alpha value is -2.53. The number of nitrogens with one attached hydrogen (secondary N) is 3. The Balaban J connectivity index is 2.00. The molecule has 1 fully saturated rings. The highest BCUT2D eigenvalue weighted by molar-refractivity contribution is 5.83. The molecule has 5 nitrogen and oxygen atoms in total. The van der Waals surface area contributed by atoms with Crippen molar-refractivity contribution >= 4 is 17.4 Å². The van der Waals surface area contributed by atoms with Gasteiger partial charge in [-0.15, -0.1) is 0 Å². The number of para-hydroxylation sites is 2. The first kappa shape index (κ1) is 11.3. The molecular weight excluding hydrogens is 252 g/mol. The summed E-state index contributed by atoms with van der Waals surface area (Å²) in [5, 5.41) is 7.96. The van der Waals surface area contributed by atoms with E-state index in [4.69, 9.17) is 0 Å². The molecule has 0 radical (unpaired) electrons. The number of carbonyl (C=O) groups excluding carboxylic acids is 1. The molecule has 100 valence electrons. The van der Waals surface area contributed by atoms with Gasteiger partial charge in [0.25, 0.3) is 0 Å². The molecule has 3 N–H and O–H groups in total. The molecule has 1 saturated heterocycles. The third-order valence-electron chi connectivity index (χ3n) is 3.87. The van der Waals surface area contributed by atoms with Crippen molar-refractivity contribution in [3.63, 3.8) is 0 Å². The van der Waals surface area contributed by atoms with Crippen LogP contribution in [0.3, 0.4) is 0 Å². The Morgan fingerprint density at radius 1 is 0.950 bits per heavy atom. The standard InChI is InChI=1S/C15H14N4O/c1-19-14(20)17-15(18-19)10-6-2-4-8-12(10)16-13-9-5-3-7-11(13)15/h2-9,16,18H,1H3,(H,17,20). The molecule has 5 heteroatoms. The SMILES string of the molecule is CN1NC2(NC1=O)c1ccccc1Nc1ccccc12. The lowest BCUT2D eigenvalue weighted by atomic mass is 9.86. The number of benzene rings is 2. The summed E-state index contributed by atoms with van der Waals surface area (Å²) in [6.45, 7) is 0. The molecule has 0 saturated carbocycles. The number of hydrazine groups is 1. The van der Waals surface area contributed by atoms with Crippen molar-refractivity contribution in [1.82, 2.24) is 15.8 Å². The molecule has 4 rings (SSSR count). The molecule has 0 unspecified atom stereocenters. The van der Waals surface area contributed by atoms with Crippen LogP contribution in [-0.2, 0) is 5.66 Å². The van der Waals surface area contributed by atoms with Crippen LogP contribution in [0.4, 0.5) is 16.2 Å². The Labute approximate surface area is 116 Å². The van der Waals surface area contributed by atoms with Crippen molar-refractivity contribution in [3.8, 4) is 0 Å². The second-order valence-electron chi connectivity index (χ2n) is 5.07. The summed E-state index contributed by atoms with van der Waals surface area (Å²) in [7, 11) is 1.72. The van der Waals surface area contributed by atoms with Crippen LogP contribution in [0.15, 0.2) is 48.5 Å². The summed E-state index contributed by atoms with van der Waals surface area (Å²) < 4.78 is 0. The molecule has 0 aromatic heterocycles. The van der Waals surface area contributed by atoms with Crippen molar-refractivity contribution < 1.29 is 4.79 Å². The summed E-state index contributed by atoms with van der Waals surface area (Å²) in [5.74, 6) is 0. The van der Waals surface area contributed by atoms with E-state index in [1.54, 1.807) is 7.05 Å². The zero-order valence-electron chi connectivity index (χ0n) is 11.0. The van der Waals surface area contributed by atoms with E-state index in [0.717, 1.165) is 22.5 Å². The number of amides is 2. The second-order valence-corrected chi connectivity index (χ2v) is 5.07. The zero-order chi connectivity index (χ0) is 13.7. The van der Waals surface area contributed by atoms with Crippen molar-refractivity contribution in [3.05, 3.63) is 59.7 Å². The third kappa shape index (κ3) is 1.32. The molecule has 2 amide bonds. The normalized spacial score (nSPS) is 18.2. The second kappa shape index (κ2) is 3.74. The molecular formula is C15H14N4O. The highest BCUT2D eigenvalue weighted by atomic mass is 16.2. The maximum atomic E-state index is 12.0. The van der Waals surface area contributed by atoms with Gasteiger partial charge in [0, 0.05) is 29.5 Å². The smallest absolute Gasteiger partial charge is 0.333 e. The van der Waals surface area contributed by atoms with Gasteiger partial charge < -0.3 is 10.6 Å². The fourth-order valence-corrected chi connectivity index (χ4v) is 2.96. The molecule has 2 aromatic carbocycles. The van der Waals surface area contributed by atoms with E-state index >= 15 is 0 Å². The fourth-order valence-electron chi connectivity index (χ4n) is 2.96. The third-order valence-corrected chi connectivity index (χ3v) is 3.87. The molecule has 20 heavy (non-hydrogen) atoms. The van der Waals surface area contributed by atoms with Crippen LogP contribution in [0.5, 0.6) is 0 Å². The number of rotatable bonds is 0. The first-order valence-electron chi connectivity index (χ1n) is 6.50. The van der Waals surface area contributed by atoms with E-state index in [-0.39, 0.29) is 6.03 Å². The Morgan fingerprint density at radius 3 is 2.00 bits per heavy atom. The van der Waals surface area contributed by atoms with Crippen LogP contribution < -0.4 is 16.1 Å². The van der Waals surface area contributed by atoms with Gasteiger partial charge in [-0.3, -0.25) is 5.01 Å². The van der Waals surface area contributed by atoms with E-state index in [1.807, 2.05) is 48.5 Å². The topological polar surface area (TPSA) is 56.4 Å². The highest BCUT2D eigenvalue weighted by Crippen LogP contribution is 2.43. The number of hydrogen-bond donors (Lipinski definition) is 3. The van der Waals surface area contributed by atoms with Crippen molar-refractivity contribution in [2.75, 3.05) is 12.4 Å². The number of carbonyl (C=O) groups is 1. The summed E-state index contributed by atoms with van der Waals surface area (Å²) in [6.07, 6.45) is 0. The maximum Gasteiger partial charge on any atom is 0.333 e. The van der Waals surface area contributed by atoms with Crippen molar-refractivity contribution in [2.45, 2.75) is 5.66 Å². The Morgan fingerprint density at radius 2 is 1.50 bits per heavy atom. The lowest BCUT2D eigenvalue weighted by Gasteiger charge is -2.37. The van der Waals surface area contributed by atoms with Crippen LogP contribution in [0.2, 0.25) is 0 Å². The van der Waals surface area contributed by atoms with Gasteiger partial charge in [-0.25, -0.2) is 4.79 Å². The minimum atomic E-state index is -0.704. The minimum Gasteiger partial charge on any atom is -0.355 e. The van der Waals surface area contributed by atoms with Crippen molar-refractivity contribution in [2.24, 2.45) is 0 Å². The fraction of sp³-hybridized carbons (Fsp3) is 0.133. The van der Waals surface area contributed by atoms with Gasteiger partial charge in [0.2, 0.25) is 0 Å². The van der Waals surface area contributed by atoms with Crippen LogP contribution in [0.25, 0.3) is 0 Å². The van der Waals surface area contributed by atoms with Crippen molar-refractivity contribution in [1.29, 1.82) is 0 Å². The van der Waals surface area contributed by atoms with E-state index in [2.05, 4.69) is 16.1 Å². The number of nitrogens with zero attached hydrogens (tertiary/aromatic N) is 1. The number of hydrogen-bond acceptors (Lipinski definition) is 3. The van der Waals surface area contributed by atoms with Gasteiger partial charge in [0.1, 0.15) is 0 Å². The first-order chi connectivity index (χ1) is 9.71. The highest BCUT2D eigenvalue weighted by Gasteiger charge is 2.48. The van der Waals surface area contributed by atoms with Crippen LogP contribution in [0.1, 0.15) is 11.1 Å². The molecule has 2 aliphatic heterocycles. The quantitative estimate of drug-likeness (QED) is 0.684. The van der Waals surface area contributed by atoms with Crippen LogP contribution in [-0.4, -0.2) is 18.1 Å². The first-order valence-corrected chi connectivity index (χ1v) is 6.50. The van der Waals surface area contributed by atoms with Gasteiger partial charge in [-0.2, -0.15) is 5.43 Å². The summed E-state index contributed by atoms with van der Waals surface area (Å²) in [6, 6.07) is 15.8. The van der Waals surface area contributed by atoms with E-state index in [9.17, 15) is 4.79 Å². The monoisotopic (exact) mass is 266 g/mol. The van der Waals surface area contributed by atoms with E-state index in [1.165, 1.54) is 5.01 Å². The Bertz CT molecular complexity index is 667. The number of anilines is 2. The largest absolute Gasteiger partial charge is 0.355 e. The lowest BCUT2D eigenvalue weighted by molar-refractivity contribution is 0.210. The van der Waals surface area contributed by atoms with Crippen LogP contribution >= 0.6 is 0 Å². The average Bonchev–Trinajstić information content (AvgIpc) is 2.76. The Kier molecular flexibility index (Phi) is 2.11. The maximum absolute atomic E-state index is 12.0. The van der Waals surface area contributed by atoms with Gasteiger partial charge in [0.15, 0.2) is 5.66 Å². The van der Waals surface area contributed by atoms with E-state index in [0.29, 0.717) is 0 Å². The van der Waals surface area contributed by atoms with E-state index < -0.39 is 5.66 Å². The molecule has 1 spiro atoms. The van der Waals surface area contributed by atoms with Gasteiger partial charge >= 0.3 is 6.03 Å². The summed E-state index contributed by atoms with van der Waals surface area (Å²) >= 11 is 0.